The Morgan fingerprint density at radius 1 is 1.38 bits per heavy atom. The number of hydrogen-bond donors (Lipinski definition) is 0. The van der Waals surface area contributed by atoms with Crippen molar-refractivity contribution in [3.05, 3.63) is 34.0 Å². The molecule has 0 bridgehead atoms. The number of aromatic nitrogens is 5. The molecule has 21 heavy (non-hydrogen) atoms. The lowest BCUT2D eigenvalue weighted by atomic mass is 10.5. The van der Waals surface area contributed by atoms with Gasteiger partial charge in [-0.05, 0) is 6.07 Å². The molecule has 3 aromatic rings. The first-order chi connectivity index (χ1) is 10.2. The Morgan fingerprint density at radius 3 is 3.05 bits per heavy atom. The van der Waals surface area contributed by atoms with Crippen molar-refractivity contribution in [2.75, 3.05) is 7.11 Å². The normalized spacial score (nSPS) is 11.4. The van der Waals surface area contributed by atoms with Gasteiger partial charge in [0.15, 0.2) is 16.6 Å². The Bertz CT molecular complexity index is 775. The molecule has 0 aliphatic heterocycles. The lowest BCUT2D eigenvalue weighted by Crippen LogP contribution is -1.91. The Morgan fingerprint density at radius 2 is 2.24 bits per heavy atom. The molecule has 10 heteroatoms. The maximum absolute atomic E-state index is 6.06. The van der Waals surface area contributed by atoms with Crippen molar-refractivity contribution in [1.82, 2.24) is 24.7 Å². The second kappa shape index (κ2) is 6.18. The van der Waals surface area contributed by atoms with Gasteiger partial charge in [0.2, 0.25) is 5.89 Å². The van der Waals surface area contributed by atoms with Crippen LogP contribution in [0.3, 0.4) is 0 Å². The number of ether oxygens (including phenoxy) is 1. The molecule has 0 atom stereocenters. The standard InChI is InChI=1S/C11H9Cl2N5O2S/c1-19-4-8-14-9(20-17-8)5-21-11-16-15-10-7(13)2-6(12)3-18(10)11/h2-3H,4-5H2,1H3. The fourth-order valence-electron chi connectivity index (χ4n) is 1.66. The Kier molecular flexibility index (Phi) is 4.29. The summed E-state index contributed by atoms with van der Waals surface area (Å²) in [4.78, 5) is 4.18. The first kappa shape index (κ1) is 14.6. The van der Waals surface area contributed by atoms with E-state index >= 15 is 0 Å². The van der Waals surface area contributed by atoms with Gasteiger partial charge < -0.3 is 9.26 Å². The first-order valence-corrected chi connectivity index (χ1v) is 7.54. The molecule has 0 saturated carbocycles. The van der Waals surface area contributed by atoms with E-state index in [-0.39, 0.29) is 0 Å². The highest BCUT2D eigenvalue weighted by Gasteiger charge is 2.13. The molecule has 0 fully saturated rings. The van der Waals surface area contributed by atoms with E-state index in [1.165, 1.54) is 11.8 Å². The van der Waals surface area contributed by atoms with Gasteiger partial charge in [-0.25, -0.2) is 0 Å². The van der Waals surface area contributed by atoms with Crippen molar-refractivity contribution in [2.24, 2.45) is 0 Å². The molecule has 0 spiro atoms. The summed E-state index contributed by atoms with van der Waals surface area (Å²) in [5.74, 6) is 1.45. The van der Waals surface area contributed by atoms with Crippen molar-refractivity contribution >= 4 is 40.6 Å². The average Bonchev–Trinajstić information content (AvgIpc) is 3.04. The maximum atomic E-state index is 6.06. The van der Waals surface area contributed by atoms with Gasteiger partial charge in [-0.1, -0.05) is 40.1 Å². The number of rotatable bonds is 5. The zero-order valence-corrected chi connectivity index (χ0v) is 13.1. The summed E-state index contributed by atoms with van der Waals surface area (Å²) in [5, 5.41) is 13.5. The SMILES string of the molecule is COCc1noc(CSc2nnc3c(Cl)cc(Cl)cn23)n1. The van der Waals surface area contributed by atoms with E-state index in [2.05, 4.69) is 20.3 Å². The molecule has 110 valence electrons. The second-order valence-corrected chi connectivity index (χ2v) is 5.79. The van der Waals surface area contributed by atoms with Crippen molar-refractivity contribution in [3.8, 4) is 0 Å². The molecule has 0 aliphatic carbocycles. The Hall–Kier alpha value is -1.35. The van der Waals surface area contributed by atoms with Crippen LogP contribution < -0.4 is 0 Å². The molecule has 3 aromatic heterocycles. The number of methoxy groups -OCH3 is 1. The fraction of sp³-hybridized carbons (Fsp3) is 0.273. The summed E-state index contributed by atoms with van der Waals surface area (Å²) < 4.78 is 11.8. The molecular formula is C11H9Cl2N5O2S. The van der Waals surface area contributed by atoms with Gasteiger partial charge in [0.1, 0.15) is 6.61 Å². The van der Waals surface area contributed by atoms with E-state index in [1.54, 1.807) is 23.8 Å². The minimum Gasteiger partial charge on any atom is -0.377 e. The highest BCUT2D eigenvalue weighted by atomic mass is 35.5. The molecular weight excluding hydrogens is 337 g/mol. The molecule has 0 saturated heterocycles. The van der Waals surface area contributed by atoms with Crippen LogP contribution in [0.25, 0.3) is 5.65 Å². The van der Waals surface area contributed by atoms with E-state index in [4.69, 9.17) is 32.5 Å². The Labute approximate surface area is 133 Å². The topological polar surface area (TPSA) is 78.3 Å². The van der Waals surface area contributed by atoms with Crippen LogP contribution in [0.1, 0.15) is 11.7 Å². The minimum atomic E-state index is 0.313. The third-order valence-electron chi connectivity index (χ3n) is 2.50. The lowest BCUT2D eigenvalue weighted by molar-refractivity contribution is 0.174. The highest BCUT2D eigenvalue weighted by molar-refractivity contribution is 7.98. The first-order valence-electron chi connectivity index (χ1n) is 5.80. The molecule has 0 radical (unpaired) electrons. The number of nitrogens with zero attached hydrogens (tertiary/aromatic N) is 5. The largest absolute Gasteiger partial charge is 0.377 e. The molecule has 0 aliphatic rings. The molecule has 0 aromatic carbocycles. The van der Waals surface area contributed by atoms with E-state index in [9.17, 15) is 0 Å². The predicted octanol–water partition coefficient (Wildman–Crippen LogP) is 2.86. The zero-order valence-electron chi connectivity index (χ0n) is 10.8. The summed E-state index contributed by atoms with van der Waals surface area (Å²) in [7, 11) is 1.57. The fourth-order valence-corrected chi connectivity index (χ4v) is 2.92. The summed E-state index contributed by atoms with van der Waals surface area (Å²) >= 11 is 13.4. The molecule has 0 amide bonds. The van der Waals surface area contributed by atoms with Gasteiger partial charge in [0.25, 0.3) is 0 Å². The Balaban J connectivity index is 1.78. The van der Waals surface area contributed by atoms with Gasteiger partial charge in [-0.15, -0.1) is 10.2 Å². The lowest BCUT2D eigenvalue weighted by Gasteiger charge is -1.99. The second-order valence-electron chi connectivity index (χ2n) is 4.01. The van der Waals surface area contributed by atoms with E-state index < -0.39 is 0 Å². The van der Waals surface area contributed by atoms with Crippen LogP contribution in [0.2, 0.25) is 10.0 Å². The van der Waals surface area contributed by atoms with E-state index in [1.807, 2.05) is 0 Å². The summed E-state index contributed by atoms with van der Waals surface area (Å²) in [6.45, 7) is 0.313. The molecule has 0 unspecified atom stereocenters. The maximum Gasteiger partial charge on any atom is 0.237 e. The zero-order chi connectivity index (χ0) is 14.8. The van der Waals surface area contributed by atoms with Gasteiger partial charge in [-0.3, -0.25) is 4.40 Å². The third kappa shape index (κ3) is 3.13. The minimum absolute atomic E-state index is 0.313. The number of pyridine rings is 1. The van der Waals surface area contributed by atoms with Crippen LogP contribution in [-0.4, -0.2) is 31.8 Å². The molecule has 3 rings (SSSR count). The average molecular weight is 346 g/mol. The highest BCUT2D eigenvalue weighted by Crippen LogP contribution is 2.26. The van der Waals surface area contributed by atoms with Crippen LogP contribution in [0.4, 0.5) is 0 Å². The van der Waals surface area contributed by atoms with Gasteiger partial charge in [-0.2, -0.15) is 4.98 Å². The molecule has 0 N–H and O–H groups in total. The number of halogens is 2. The van der Waals surface area contributed by atoms with Crippen molar-refractivity contribution in [1.29, 1.82) is 0 Å². The van der Waals surface area contributed by atoms with Crippen LogP contribution >= 0.6 is 35.0 Å². The monoisotopic (exact) mass is 345 g/mol. The van der Waals surface area contributed by atoms with E-state index in [0.717, 1.165) is 0 Å². The van der Waals surface area contributed by atoms with Crippen LogP contribution in [0.15, 0.2) is 21.9 Å². The van der Waals surface area contributed by atoms with Crippen molar-refractivity contribution in [3.63, 3.8) is 0 Å². The summed E-state index contributed by atoms with van der Waals surface area (Å²) in [6, 6.07) is 1.62. The number of fused-ring (bicyclic) bond motifs is 1. The molecule has 3 heterocycles. The van der Waals surface area contributed by atoms with Crippen molar-refractivity contribution < 1.29 is 9.26 Å². The smallest absolute Gasteiger partial charge is 0.237 e. The summed E-state index contributed by atoms with van der Waals surface area (Å²) in [6.07, 6.45) is 1.70. The van der Waals surface area contributed by atoms with Gasteiger partial charge in [0, 0.05) is 13.3 Å². The van der Waals surface area contributed by atoms with Crippen LogP contribution in [0.5, 0.6) is 0 Å². The molecule has 7 nitrogen and oxygen atoms in total. The number of thioether (sulfide) groups is 1. The van der Waals surface area contributed by atoms with Gasteiger partial charge in [0.05, 0.1) is 15.8 Å². The third-order valence-corrected chi connectivity index (χ3v) is 3.92. The predicted molar refractivity (Wildman–Crippen MR) is 77.6 cm³/mol. The van der Waals surface area contributed by atoms with Gasteiger partial charge >= 0.3 is 0 Å². The van der Waals surface area contributed by atoms with Crippen LogP contribution in [0, 0.1) is 0 Å². The van der Waals surface area contributed by atoms with E-state index in [0.29, 0.717) is 44.9 Å². The summed E-state index contributed by atoms with van der Waals surface area (Å²) in [5.41, 5.74) is 0.550. The van der Waals surface area contributed by atoms with Crippen LogP contribution in [-0.2, 0) is 17.1 Å². The van der Waals surface area contributed by atoms with Crippen molar-refractivity contribution in [2.45, 2.75) is 17.5 Å². The number of hydrogen-bond acceptors (Lipinski definition) is 7. The quantitative estimate of drug-likeness (QED) is 0.657.